The minimum Gasteiger partial charge on any atom is -0.493 e. The third kappa shape index (κ3) is 5.73. The molecule has 3 rings (SSSR count). The number of carbonyl (C=O) groups is 2. The lowest BCUT2D eigenvalue weighted by Gasteiger charge is -2.20. The van der Waals surface area contributed by atoms with E-state index in [1.807, 2.05) is 6.92 Å². The molecule has 154 valence electrons. The van der Waals surface area contributed by atoms with Crippen molar-refractivity contribution in [2.24, 2.45) is 0 Å². The van der Waals surface area contributed by atoms with Crippen molar-refractivity contribution in [3.05, 3.63) is 59.2 Å². The Balaban J connectivity index is 1.44. The van der Waals surface area contributed by atoms with E-state index in [2.05, 4.69) is 23.5 Å². The third-order valence-electron chi connectivity index (χ3n) is 5.03. The van der Waals surface area contributed by atoms with Crippen LogP contribution in [0.25, 0.3) is 0 Å². The molecule has 1 N–H and O–H groups in total. The maximum Gasteiger partial charge on any atom is 0.344 e. The molecule has 1 atom stereocenters. The van der Waals surface area contributed by atoms with Gasteiger partial charge in [0.2, 0.25) is 0 Å². The van der Waals surface area contributed by atoms with Crippen LogP contribution in [-0.4, -0.2) is 32.2 Å². The second-order valence-corrected chi connectivity index (χ2v) is 7.12. The highest BCUT2D eigenvalue weighted by Crippen LogP contribution is 2.26. The molecule has 0 fully saturated rings. The van der Waals surface area contributed by atoms with Gasteiger partial charge in [0.1, 0.15) is 0 Å². The van der Waals surface area contributed by atoms with Crippen LogP contribution < -0.4 is 14.8 Å². The molecule has 29 heavy (non-hydrogen) atoms. The third-order valence-corrected chi connectivity index (χ3v) is 5.03. The molecule has 2 aromatic carbocycles. The van der Waals surface area contributed by atoms with Gasteiger partial charge in [-0.3, -0.25) is 4.79 Å². The Kier molecular flexibility index (Phi) is 7.11. The number of hydrogen-bond donors (Lipinski definition) is 1. The summed E-state index contributed by atoms with van der Waals surface area (Å²) >= 11 is 0. The van der Waals surface area contributed by atoms with E-state index < -0.39 is 5.97 Å². The summed E-state index contributed by atoms with van der Waals surface area (Å²) in [5, 5.41) is 2.87. The summed E-state index contributed by atoms with van der Waals surface area (Å²) in [5.41, 5.74) is 3.84. The number of ether oxygens (including phenoxy) is 3. The molecule has 0 radical (unpaired) electrons. The fourth-order valence-corrected chi connectivity index (χ4v) is 3.45. The Morgan fingerprint density at radius 3 is 2.48 bits per heavy atom. The molecular formula is C23H27NO5. The van der Waals surface area contributed by atoms with E-state index in [0.29, 0.717) is 11.5 Å². The van der Waals surface area contributed by atoms with Crippen molar-refractivity contribution >= 4 is 11.9 Å². The maximum absolute atomic E-state index is 12.1. The number of carbonyl (C=O) groups excluding carboxylic acids is 2. The number of aryl methyl sites for hydroxylation is 2. The standard InChI is InChI=1S/C23H27NO5/c1-16(18-12-11-17-7-3-4-8-19(17)13-18)24-22(25)14-29-23(26)15-28-21-10-6-5-9-20(21)27-2/h5-6,9-13,16H,3-4,7-8,14-15H2,1-2H3,(H,24,25). The Morgan fingerprint density at radius 1 is 1.00 bits per heavy atom. The number of amides is 1. The second-order valence-electron chi connectivity index (χ2n) is 7.12. The summed E-state index contributed by atoms with van der Waals surface area (Å²) in [5.74, 6) is 0.00250. The Morgan fingerprint density at radius 2 is 1.72 bits per heavy atom. The molecule has 0 spiro atoms. The van der Waals surface area contributed by atoms with Crippen molar-refractivity contribution < 1.29 is 23.8 Å². The predicted octanol–water partition coefficient (Wildman–Crippen LogP) is 3.37. The van der Waals surface area contributed by atoms with Gasteiger partial charge in [-0.15, -0.1) is 0 Å². The van der Waals surface area contributed by atoms with Crippen LogP contribution in [0.4, 0.5) is 0 Å². The fraction of sp³-hybridized carbons (Fsp3) is 0.391. The van der Waals surface area contributed by atoms with Gasteiger partial charge < -0.3 is 19.5 Å². The van der Waals surface area contributed by atoms with E-state index in [0.717, 1.165) is 18.4 Å². The highest BCUT2D eigenvalue weighted by Gasteiger charge is 2.15. The summed E-state index contributed by atoms with van der Waals surface area (Å²) in [6, 6.07) is 13.2. The summed E-state index contributed by atoms with van der Waals surface area (Å²) in [6.45, 7) is 1.28. The van der Waals surface area contributed by atoms with Gasteiger partial charge in [-0.25, -0.2) is 4.79 Å². The van der Waals surface area contributed by atoms with Crippen molar-refractivity contribution in [2.75, 3.05) is 20.3 Å². The van der Waals surface area contributed by atoms with Crippen LogP contribution in [0.15, 0.2) is 42.5 Å². The summed E-state index contributed by atoms with van der Waals surface area (Å²) in [4.78, 5) is 24.0. The van der Waals surface area contributed by atoms with Crippen LogP contribution in [0, 0.1) is 0 Å². The molecule has 1 amide bonds. The summed E-state index contributed by atoms with van der Waals surface area (Å²) in [7, 11) is 1.52. The van der Waals surface area contributed by atoms with Gasteiger partial charge >= 0.3 is 5.97 Å². The number of nitrogens with one attached hydrogen (secondary N) is 1. The van der Waals surface area contributed by atoms with Gasteiger partial charge in [0.25, 0.3) is 5.91 Å². The first-order valence-electron chi connectivity index (χ1n) is 9.89. The number of esters is 1. The van der Waals surface area contributed by atoms with E-state index in [1.165, 1.54) is 31.1 Å². The first-order chi connectivity index (χ1) is 14.1. The molecular weight excluding hydrogens is 370 g/mol. The van der Waals surface area contributed by atoms with Gasteiger partial charge in [-0.2, -0.15) is 0 Å². The highest BCUT2D eigenvalue weighted by atomic mass is 16.6. The summed E-state index contributed by atoms with van der Waals surface area (Å²) < 4.78 is 15.6. The first-order valence-corrected chi connectivity index (χ1v) is 9.89. The summed E-state index contributed by atoms with van der Waals surface area (Å²) in [6.07, 6.45) is 4.67. The highest BCUT2D eigenvalue weighted by molar-refractivity contribution is 5.81. The van der Waals surface area contributed by atoms with Crippen molar-refractivity contribution in [1.29, 1.82) is 0 Å². The topological polar surface area (TPSA) is 73.9 Å². The van der Waals surface area contributed by atoms with Gasteiger partial charge in [0.05, 0.1) is 13.2 Å². The second kappa shape index (κ2) is 9.96. The van der Waals surface area contributed by atoms with Crippen molar-refractivity contribution in [3.8, 4) is 11.5 Å². The zero-order valence-corrected chi connectivity index (χ0v) is 16.9. The van der Waals surface area contributed by atoms with Gasteiger partial charge in [-0.1, -0.05) is 30.3 Å². The minimum atomic E-state index is -0.618. The van der Waals surface area contributed by atoms with Gasteiger partial charge in [0.15, 0.2) is 24.7 Å². The average molecular weight is 397 g/mol. The molecule has 0 bridgehead atoms. The molecule has 6 heteroatoms. The zero-order valence-electron chi connectivity index (χ0n) is 16.9. The molecule has 2 aromatic rings. The normalized spacial score (nSPS) is 13.7. The van der Waals surface area contributed by atoms with E-state index in [1.54, 1.807) is 24.3 Å². The van der Waals surface area contributed by atoms with Crippen LogP contribution in [0.3, 0.4) is 0 Å². The quantitative estimate of drug-likeness (QED) is 0.692. The molecule has 0 heterocycles. The molecule has 1 aliphatic rings. The number of benzene rings is 2. The van der Waals surface area contributed by atoms with Crippen molar-refractivity contribution in [3.63, 3.8) is 0 Å². The minimum absolute atomic E-state index is 0.154. The number of para-hydroxylation sites is 2. The van der Waals surface area contributed by atoms with Gasteiger partial charge in [0, 0.05) is 0 Å². The predicted molar refractivity (Wildman–Crippen MR) is 109 cm³/mol. The lowest BCUT2D eigenvalue weighted by atomic mass is 9.89. The maximum atomic E-state index is 12.1. The Hall–Kier alpha value is -3.02. The van der Waals surface area contributed by atoms with E-state index in [9.17, 15) is 9.59 Å². The molecule has 0 saturated heterocycles. The van der Waals surface area contributed by atoms with Gasteiger partial charge in [-0.05, 0) is 61.4 Å². The zero-order chi connectivity index (χ0) is 20.6. The Labute approximate surface area is 171 Å². The first kappa shape index (κ1) is 20.7. The van der Waals surface area contributed by atoms with E-state index in [4.69, 9.17) is 14.2 Å². The largest absolute Gasteiger partial charge is 0.493 e. The van der Waals surface area contributed by atoms with Crippen LogP contribution in [0.1, 0.15) is 42.5 Å². The average Bonchev–Trinajstić information content (AvgIpc) is 2.76. The molecule has 0 saturated carbocycles. The SMILES string of the molecule is COc1ccccc1OCC(=O)OCC(=O)NC(C)c1ccc2c(c1)CCCC2. The van der Waals surface area contributed by atoms with Crippen LogP contribution >= 0.6 is 0 Å². The lowest BCUT2D eigenvalue weighted by molar-refractivity contribution is -0.150. The monoisotopic (exact) mass is 397 g/mol. The van der Waals surface area contributed by atoms with Crippen LogP contribution in [0.5, 0.6) is 11.5 Å². The van der Waals surface area contributed by atoms with E-state index >= 15 is 0 Å². The molecule has 0 aromatic heterocycles. The molecule has 1 aliphatic carbocycles. The Bertz CT molecular complexity index is 864. The fourth-order valence-electron chi connectivity index (χ4n) is 3.45. The van der Waals surface area contributed by atoms with Crippen molar-refractivity contribution in [2.45, 2.75) is 38.6 Å². The van der Waals surface area contributed by atoms with Crippen molar-refractivity contribution in [1.82, 2.24) is 5.32 Å². The number of hydrogen-bond acceptors (Lipinski definition) is 5. The smallest absolute Gasteiger partial charge is 0.344 e. The lowest BCUT2D eigenvalue weighted by Crippen LogP contribution is -2.32. The van der Waals surface area contributed by atoms with E-state index in [-0.39, 0.29) is 25.2 Å². The number of methoxy groups -OCH3 is 1. The molecule has 6 nitrogen and oxygen atoms in total. The molecule has 0 aliphatic heterocycles. The van der Waals surface area contributed by atoms with Crippen LogP contribution in [-0.2, 0) is 27.2 Å². The van der Waals surface area contributed by atoms with Crippen LogP contribution in [0.2, 0.25) is 0 Å². The number of rotatable bonds is 8. The number of fused-ring (bicyclic) bond motifs is 1. The molecule has 1 unspecified atom stereocenters.